The molecule has 0 aliphatic carbocycles. The summed E-state index contributed by atoms with van der Waals surface area (Å²) in [6.45, 7) is 0. The molecule has 0 aliphatic heterocycles. The van der Waals surface area contributed by atoms with Crippen LogP contribution < -0.4 is 29.9 Å². The van der Waals surface area contributed by atoms with E-state index in [1.807, 2.05) is 0 Å². The fourth-order valence-corrected chi connectivity index (χ4v) is 10.2. The van der Waals surface area contributed by atoms with Gasteiger partial charge < -0.3 is 9.84 Å². The minimum Gasteiger partial charge on any atom is -0.477 e. The highest BCUT2D eigenvalue weighted by Gasteiger charge is 2.29. The summed E-state index contributed by atoms with van der Waals surface area (Å²) in [4.78, 5) is 78.7. The van der Waals surface area contributed by atoms with Crippen molar-refractivity contribution in [1.29, 1.82) is 10.5 Å². The lowest BCUT2D eigenvalue weighted by Crippen LogP contribution is -2.33. The molecule has 0 saturated carbocycles. The third kappa shape index (κ3) is 3.27. The van der Waals surface area contributed by atoms with E-state index in [1.165, 1.54) is 14.1 Å². The number of hydrogen-bond acceptors (Lipinski definition) is 13. The third-order valence-corrected chi connectivity index (χ3v) is 11.9. The normalized spacial score (nSPS) is 11.4. The first-order valence-corrected chi connectivity index (χ1v) is 14.4. The van der Waals surface area contributed by atoms with Crippen molar-refractivity contribution < 1.29 is 19.4 Å². The maximum Gasteiger partial charge on any atom is 0.350 e. The summed E-state index contributed by atoms with van der Waals surface area (Å²) in [5, 5.41) is 28.8. The van der Waals surface area contributed by atoms with E-state index in [2.05, 4.69) is 0 Å². The predicted octanol–water partition coefficient (Wildman–Crippen LogP) is 0.860. The number of nitriles is 2. The largest absolute Gasteiger partial charge is 0.477 e. The van der Waals surface area contributed by atoms with Crippen LogP contribution in [0.15, 0.2) is 19.2 Å². The quantitative estimate of drug-likeness (QED) is 0.214. The van der Waals surface area contributed by atoms with Crippen LogP contribution in [0.4, 0.5) is 0 Å². The molecule has 0 fully saturated rings. The molecular formula is C25H10N4O8S4. The summed E-state index contributed by atoms with van der Waals surface area (Å²) in [7, 11) is 3.63. The monoisotopic (exact) mass is 622 g/mol. The number of carboxylic acid groups (broad SMARTS) is 1. The molecule has 41 heavy (non-hydrogen) atoms. The van der Waals surface area contributed by atoms with Gasteiger partial charge in [-0.05, 0) is 0 Å². The van der Waals surface area contributed by atoms with Crippen molar-refractivity contribution in [2.24, 2.45) is 14.1 Å². The van der Waals surface area contributed by atoms with Gasteiger partial charge in [0, 0.05) is 24.9 Å². The van der Waals surface area contributed by atoms with Gasteiger partial charge in [-0.3, -0.25) is 28.3 Å². The Bertz CT molecular complexity index is 2560. The van der Waals surface area contributed by atoms with Crippen LogP contribution in [0.3, 0.4) is 0 Å². The van der Waals surface area contributed by atoms with Gasteiger partial charge in [0.25, 0.3) is 22.2 Å². The van der Waals surface area contributed by atoms with Crippen LogP contribution in [0.5, 0.6) is 0 Å². The maximum atomic E-state index is 13.7. The Kier molecular flexibility index (Phi) is 5.74. The molecule has 12 nitrogen and oxygen atoms in total. The van der Waals surface area contributed by atoms with E-state index in [9.17, 15) is 44.4 Å². The lowest BCUT2D eigenvalue weighted by molar-refractivity contribution is -0.133. The van der Waals surface area contributed by atoms with E-state index in [0.29, 0.717) is 0 Å². The number of aliphatic carboxylic acids is 1. The minimum absolute atomic E-state index is 0.00137. The number of ether oxygens (including phenoxy) is 1. The van der Waals surface area contributed by atoms with Crippen LogP contribution in [0.1, 0.15) is 0 Å². The lowest BCUT2D eigenvalue weighted by atomic mass is 9.96. The van der Waals surface area contributed by atoms with Crippen LogP contribution in [-0.4, -0.2) is 33.3 Å². The third-order valence-electron chi connectivity index (χ3n) is 6.66. The summed E-state index contributed by atoms with van der Waals surface area (Å²) >= 11 is 3.45. The summed E-state index contributed by atoms with van der Waals surface area (Å²) in [5.74, 6) is -2.41. The van der Waals surface area contributed by atoms with Gasteiger partial charge in [0.05, 0.1) is 47.5 Å². The second kappa shape index (κ2) is 8.88. The van der Waals surface area contributed by atoms with Crippen LogP contribution in [-0.2, 0) is 28.4 Å². The van der Waals surface area contributed by atoms with Crippen LogP contribution in [0.2, 0.25) is 0 Å². The molecule has 0 aliphatic rings. The molecule has 16 heteroatoms. The topological polar surface area (TPSA) is 189 Å². The number of aromatic nitrogens is 2. The lowest BCUT2D eigenvalue weighted by Gasteiger charge is -2.13. The van der Waals surface area contributed by atoms with E-state index >= 15 is 0 Å². The molecule has 0 spiro atoms. The molecule has 0 bridgehead atoms. The van der Waals surface area contributed by atoms with Gasteiger partial charge in [0.15, 0.2) is 11.1 Å². The van der Waals surface area contributed by atoms with Crippen molar-refractivity contribution in [2.45, 2.75) is 0 Å². The number of carbonyl (C=O) groups excluding carboxylic acids is 1. The van der Waals surface area contributed by atoms with E-state index in [-0.39, 0.29) is 64.4 Å². The number of pyridine rings is 2. The van der Waals surface area contributed by atoms with Gasteiger partial charge in [-0.15, -0.1) is 45.3 Å². The van der Waals surface area contributed by atoms with Crippen molar-refractivity contribution in [3.8, 4) is 12.1 Å². The minimum atomic E-state index is -1.49. The Balaban J connectivity index is 2.14. The summed E-state index contributed by atoms with van der Waals surface area (Å²) in [5.41, 5.74) is -3.86. The second-order valence-electron chi connectivity index (χ2n) is 8.66. The number of rotatable bonds is 2. The number of hydrogen-bond donors (Lipinski definition) is 1. The first kappa shape index (κ1) is 26.5. The second-order valence-corrected chi connectivity index (χ2v) is 13.3. The van der Waals surface area contributed by atoms with Crippen LogP contribution in [0.25, 0.3) is 62.3 Å². The van der Waals surface area contributed by atoms with E-state index < -0.39 is 39.7 Å². The first-order chi connectivity index (χ1) is 19.5. The molecule has 6 aromatic rings. The zero-order chi connectivity index (χ0) is 29.7. The smallest absolute Gasteiger partial charge is 0.350 e. The Morgan fingerprint density at radius 2 is 0.976 bits per heavy atom. The number of benzene rings is 2. The highest BCUT2D eigenvalue weighted by molar-refractivity contribution is 7.38. The Morgan fingerprint density at radius 3 is 1.24 bits per heavy atom. The van der Waals surface area contributed by atoms with Gasteiger partial charge in [-0.25, -0.2) is 9.59 Å². The molecule has 2 aromatic carbocycles. The van der Waals surface area contributed by atoms with Gasteiger partial charge >= 0.3 is 11.9 Å². The Labute approximate surface area is 240 Å². The highest BCUT2D eigenvalue weighted by atomic mass is 32.2. The highest BCUT2D eigenvalue weighted by Crippen LogP contribution is 2.44. The molecule has 0 saturated heterocycles. The van der Waals surface area contributed by atoms with E-state index in [4.69, 9.17) is 4.74 Å². The molecule has 0 amide bonds. The Hall–Kier alpha value is -4.74. The van der Waals surface area contributed by atoms with Gasteiger partial charge in [0.1, 0.15) is 19.8 Å². The molecule has 202 valence electrons. The van der Waals surface area contributed by atoms with Crippen molar-refractivity contribution in [3.63, 3.8) is 0 Å². The zero-order valence-electron chi connectivity index (χ0n) is 20.7. The van der Waals surface area contributed by atoms with Gasteiger partial charge in [-0.2, -0.15) is 10.5 Å². The fraction of sp³-hybridized carbons (Fsp3) is 0.120. The SMILES string of the molecule is COC(=O)C(C#N)=c1sc2c(s1)c1c(=O)n(C)c(=O)c3c4sc(=C(C#N)C(=O)O)sc4c4c(=O)n(C)c(=O)c2c4c31. The molecule has 4 aromatic heterocycles. The van der Waals surface area contributed by atoms with Gasteiger partial charge in [-0.1, -0.05) is 0 Å². The van der Waals surface area contributed by atoms with Crippen molar-refractivity contribution in [2.75, 3.05) is 7.11 Å². The zero-order valence-corrected chi connectivity index (χ0v) is 24.0. The number of nitrogens with zero attached hydrogens (tertiary/aromatic N) is 4. The molecule has 4 heterocycles. The van der Waals surface area contributed by atoms with Crippen molar-refractivity contribution >= 4 is 120 Å². The summed E-state index contributed by atoms with van der Waals surface area (Å²) < 4.78 is 7.47. The van der Waals surface area contributed by atoms with Crippen LogP contribution in [0, 0.1) is 22.7 Å². The maximum absolute atomic E-state index is 13.7. The Morgan fingerprint density at radius 1 is 0.659 bits per heavy atom. The summed E-state index contributed by atoms with van der Waals surface area (Å²) in [6, 6.07) is 3.43. The number of carbonyl (C=O) groups is 2. The number of fused-ring (bicyclic) bond motifs is 6. The van der Waals surface area contributed by atoms with E-state index in [0.717, 1.165) is 61.6 Å². The molecule has 0 unspecified atom stereocenters. The molecule has 0 radical (unpaired) electrons. The molecule has 6 rings (SSSR count). The molecular weight excluding hydrogens is 613 g/mol. The fourth-order valence-electron chi connectivity index (χ4n) is 4.79. The number of carboxylic acids is 1. The number of methoxy groups -OCH3 is 1. The van der Waals surface area contributed by atoms with Crippen LogP contribution >= 0.6 is 45.3 Å². The van der Waals surface area contributed by atoms with E-state index in [1.54, 1.807) is 12.1 Å². The summed E-state index contributed by atoms with van der Waals surface area (Å²) in [6.07, 6.45) is 0. The molecule has 0 atom stereocenters. The average Bonchev–Trinajstić information content (AvgIpc) is 3.56. The number of esters is 1. The average molecular weight is 623 g/mol. The standard InChI is InChI=1S/C25H10N4O8S4/c1-28-18(30)10-8-9-11(15-14(10)38-24(39-15)6(4-26)22(34)35)19(31)29(2)21(33)13(9)17-16(12(8)20(28)32)40-25(41-17)7(5-27)23(36)37-3/h1-3H3,(H,34,35). The van der Waals surface area contributed by atoms with Gasteiger partial charge in [0.2, 0.25) is 0 Å². The van der Waals surface area contributed by atoms with Crippen molar-refractivity contribution in [1.82, 2.24) is 9.13 Å². The molecule has 1 N–H and O–H groups in total. The van der Waals surface area contributed by atoms with Crippen molar-refractivity contribution in [3.05, 3.63) is 49.1 Å². The predicted molar refractivity (Wildman–Crippen MR) is 157 cm³/mol. The first-order valence-electron chi connectivity index (χ1n) is 11.2.